The number of benzene rings is 2. The van der Waals surface area contributed by atoms with E-state index in [1.165, 1.54) is 42.0 Å². The number of aliphatic hydroxyl groups is 2. The Hall–Kier alpha value is -7.46. The smallest absolute Gasteiger partial charge is 0.329 e. The first-order valence-corrected chi connectivity index (χ1v) is 28.9. The fourth-order valence-corrected chi connectivity index (χ4v) is 10.00. The molecule has 0 saturated carbocycles. The van der Waals surface area contributed by atoms with Crippen LogP contribution in [-0.4, -0.2) is 174 Å². The second kappa shape index (κ2) is 30.9. The highest BCUT2D eigenvalue weighted by atomic mass is 16.6. The van der Waals surface area contributed by atoms with Crippen LogP contribution in [0.5, 0.6) is 0 Å². The quantitative estimate of drug-likeness (QED) is 0.0965. The molecule has 5 rings (SSSR count). The zero-order valence-electron chi connectivity index (χ0n) is 51.3. The number of amides is 4. The van der Waals surface area contributed by atoms with Crippen LogP contribution in [0.2, 0.25) is 0 Å². The van der Waals surface area contributed by atoms with Crippen LogP contribution in [-0.2, 0) is 96.4 Å². The van der Waals surface area contributed by atoms with Gasteiger partial charge in [0.1, 0.15) is 24.2 Å². The van der Waals surface area contributed by atoms with Gasteiger partial charge in [-0.25, -0.2) is 19.2 Å². The Morgan fingerprint density at radius 2 is 0.667 bits per heavy atom. The Kier molecular flexibility index (Phi) is 24.8. The molecule has 460 valence electrons. The predicted octanol–water partition coefficient (Wildman–Crippen LogP) is 5.14. The largest absolute Gasteiger partial charge is 0.451 e. The molecule has 0 spiro atoms. The summed E-state index contributed by atoms with van der Waals surface area (Å²) >= 11 is 0. The summed E-state index contributed by atoms with van der Waals surface area (Å²) in [7, 11) is 5.50. The zero-order chi connectivity index (χ0) is 62.3. The maximum absolute atomic E-state index is 15.0. The molecule has 2 aromatic carbocycles. The number of ether oxygens (including phenoxy) is 4. The molecule has 0 radical (unpaired) electrons. The molecule has 2 aromatic heterocycles. The maximum atomic E-state index is 15.0. The van der Waals surface area contributed by atoms with Crippen molar-refractivity contribution in [2.24, 2.45) is 23.7 Å². The molecule has 1 saturated heterocycles. The second-order valence-electron chi connectivity index (χ2n) is 23.8. The van der Waals surface area contributed by atoms with E-state index in [1.807, 2.05) is 79.7 Å². The van der Waals surface area contributed by atoms with Crippen LogP contribution in [0.15, 0.2) is 73.1 Å². The van der Waals surface area contributed by atoms with Gasteiger partial charge in [-0.1, -0.05) is 104 Å². The van der Waals surface area contributed by atoms with Crippen LogP contribution in [0.25, 0.3) is 0 Å². The van der Waals surface area contributed by atoms with Crippen LogP contribution in [0.4, 0.5) is 0 Å². The normalized spacial score (nSPS) is 22.7. The molecule has 22 nitrogen and oxygen atoms in total. The molecular weight excluding hydrogens is 1080 g/mol. The third-order valence-electron chi connectivity index (χ3n) is 14.8. The van der Waals surface area contributed by atoms with E-state index in [1.54, 1.807) is 58.2 Å². The Morgan fingerprint density at radius 3 is 0.929 bits per heavy atom. The lowest BCUT2D eigenvalue weighted by molar-refractivity contribution is -0.176. The molecular formula is C62H88N8O14. The summed E-state index contributed by atoms with van der Waals surface area (Å²) in [5.41, 5.74) is 3.85. The summed E-state index contributed by atoms with van der Waals surface area (Å²) in [4.78, 5) is 122. The molecule has 0 unspecified atom stereocenters. The summed E-state index contributed by atoms with van der Waals surface area (Å²) < 4.78 is 27.5. The molecule has 4 aromatic rings. The third kappa shape index (κ3) is 18.8. The van der Waals surface area contributed by atoms with E-state index in [0.717, 1.165) is 30.7 Å². The molecule has 22 heteroatoms. The summed E-state index contributed by atoms with van der Waals surface area (Å²) in [6.45, 7) is 17.7. The zero-order valence-corrected chi connectivity index (χ0v) is 51.3. The Balaban J connectivity index is 1.58. The maximum Gasteiger partial charge on any atom is 0.329 e. The van der Waals surface area contributed by atoms with Gasteiger partial charge in [-0.2, -0.15) is 10.2 Å². The minimum Gasteiger partial charge on any atom is -0.451 e. The number of rotatable bonds is 18. The molecule has 0 bridgehead atoms. The molecule has 8 atom stereocenters. The van der Waals surface area contributed by atoms with Crippen LogP contribution in [0.3, 0.4) is 0 Å². The number of hydrogen-bond donors (Lipinski definition) is 2. The average molecular weight is 1170 g/mol. The number of carbonyl (C=O) groups is 8. The highest BCUT2D eigenvalue weighted by Crippen LogP contribution is 2.25. The number of carbonyl (C=O) groups excluding carboxylic acids is 8. The van der Waals surface area contributed by atoms with E-state index in [4.69, 9.17) is 18.9 Å². The number of hydrogen-bond acceptors (Lipinski definition) is 16. The van der Waals surface area contributed by atoms with Crippen molar-refractivity contribution in [2.45, 2.75) is 183 Å². The van der Waals surface area contributed by atoms with Gasteiger partial charge in [0, 0.05) is 53.4 Å². The lowest BCUT2D eigenvalue weighted by atomic mass is 9.99. The van der Waals surface area contributed by atoms with Crippen LogP contribution < -0.4 is 0 Å². The molecule has 1 aliphatic rings. The first-order valence-electron chi connectivity index (χ1n) is 28.9. The van der Waals surface area contributed by atoms with Crippen molar-refractivity contribution in [1.82, 2.24) is 39.2 Å². The summed E-state index contributed by atoms with van der Waals surface area (Å²) in [6.07, 6.45) is -2.77. The van der Waals surface area contributed by atoms with Crippen molar-refractivity contribution in [2.75, 3.05) is 28.2 Å². The first-order chi connectivity index (χ1) is 39.6. The standard InChI is InChI=1S/C62H88N8O14/c1-37(2)27-49-59(77)81-41(9)55(73)65(11)52(30-40(7)8)62(80)84-54(32-44-17-21-46(22-18-44)34-70-26-24-48(36-72)64-70)58(76)68(14)50(28-38(3)4)60(78)82-42(10)56(74)66(12)51(29-39(5)6)61(79)83-53(57(75)67(49)13)31-43-15-19-45(20-16-43)33-69-25-23-47(35-71)63-69/h15-26,37-42,49-54,71-72H,27-36H2,1-14H3/t41-,42-,49+,50+,51+,52+,53-,54-/m1/s1. The number of aliphatic hydroxyl groups excluding tert-OH is 2. The molecule has 1 aliphatic heterocycles. The molecule has 3 heterocycles. The van der Waals surface area contributed by atoms with Gasteiger partial charge in [0.15, 0.2) is 24.4 Å². The van der Waals surface area contributed by atoms with E-state index in [2.05, 4.69) is 10.2 Å². The van der Waals surface area contributed by atoms with Crippen molar-refractivity contribution in [3.63, 3.8) is 0 Å². The lowest BCUT2D eigenvalue weighted by Crippen LogP contribution is -2.55. The van der Waals surface area contributed by atoms with Crippen molar-refractivity contribution in [3.05, 3.63) is 107 Å². The Labute approximate surface area is 493 Å². The minimum atomic E-state index is -1.57. The second-order valence-corrected chi connectivity index (χ2v) is 23.8. The number of aromatic nitrogens is 4. The number of likely N-dealkylation sites (N-methyl/N-ethyl adjacent to an activating group) is 4. The fourth-order valence-electron chi connectivity index (χ4n) is 10.00. The molecule has 4 amide bonds. The topological polar surface area (TPSA) is 263 Å². The fraction of sp³-hybridized carbons (Fsp3) is 0.581. The Bertz CT molecular complexity index is 2660. The van der Waals surface area contributed by atoms with Crippen molar-refractivity contribution >= 4 is 47.5 Å². The van der Waals surface area contributed by atoms with Gasteiger partial charge in [0.25, 0.3) is 23.6 Å². The summed E-state index contributed by atoms with van der Waals surface area (Å²) in [6, 6.07) is 12.5. The summed E-state index contributed by atoms with van der Waals surface area (Å²) in [5, 5.41) is 27.7. The Morgan fingerprint density at radius 1 is 0.405 bits per heavy atom. The summed E-state index contributed by atoms with van der Waals surface area (Å²) in [5.74, 6) is -7.70. The van der Waals surface area contributed by atoms with Gasteiger partial charge >= 0.3 is 23.9 Å². The van der Waals surface area contributed by atoms with Gasteiger partial charge in [-0.3, -0.25) is 28.5 Å². The molecule has 2 N–H and O–H groups in total. The van der Waals surface area contributed by atoms with E-state index in [9.17, 15) is 39.0 Å². The molecule has 1 fully saturated rings. The van der Waals surface area contributed by atoms with Gasteiger partial charge in [0.2, 0.25) is 0 Å². The van der Waals surface area contributed by atoms with Gasteiger partial charge in [-0.15, -0.1) is 0 Å². The van der Waals surface area contributed by atoms with Gasteiger partial charge < -0.3 is 48.8 Å². The monoisotopic (exact) mass is 1170 g/mol. The van der Waals surface area contributed by atoms with Crippen molar-refractivity contribution < 1.29 is 67.5 Å². The van der Waals surface area contributed by atoms with E-state index in [-0.39, 0.29) is 75.4 Å². The van der Waals surface area contributed by atoms with Crippen molar-refractivity contribution in [3.8, 4) is 0 Å². The molecule has 84 heavy (non-hydrogen) atoms. The van der Waals surface area contributed by atoms with Crippen LogP contribution in [0.1, 0.15) is 129 Å². The number of nitrogens with zero attached hydrogens (tertiary/aromatic N) is 8. The lowest BCUT2D eigenvalue weighted by Gasteiger charge is -2.35. The predicted molar refractivity (Wildman–Crippen MR) is 310 cm³/mol. The highest BCUT2D eigenvalue weighted by Gasteiger charge is 2.43. The number of esters is 4. The minimum absolute atomic E-state index is 0.0607. The first kappa shape index (κ1) is 67.3. The van der Waals surface area contributed by atoms with Gasteiger partial charge in [-0.05, 0) is 97.6 Å². The van der Waals surface area contributed by atoms with E-state index in [0.29, 0.717) is 35.6 Å². The van der Waals surface area contributed by atoms with Gasteiger partial charge in [0.05, 0.1) is 37.7 Å². The van der Waals surface area contributed by atoms with Crippen LogP contribution >= 0.6 is 0 Å². The SMILES string of the molecule is CC(C)C[C@H]1C(=O)O[C@H](Cc2ccc(Cn3ccc(CO)n3)cc2)C(=O)N(C)[C@@H](CC(C)C)C(=O)O[C@H](C)C(=O)N(C)[C@@H](CC(C)C)C(=O)O[C@H](Cc2ccc(Cn3ccc(CO)n3)cc2)C(=O)N(C)[C@@H](CC(C)C)C(=O)O[C@H](C)C(=O)N1C. The van der Waals surface area contributed by atoms with Crippen LogP contribution in [0, 0.1) is 23.7 Å². The average Bonchev–Trinajstić information content (AvgIpc) is 4.22. The third-order valence-corrected chi connectivity index (χ3v) is 14.8. The van der Waals surface area contributed by atoms with E-state index >= 15 is 9.59 Å². The highest BCUT2D eigenvalue weighted by molar-refractivity contribution is 5.94. The van der Waals surface area contributed by atoms with Crippen molar-refractivity contribution in [1.29, 1.82) is 0 Å². The molecule has 0 aliphatic carbocycles. The number of cyclic esters (lactones) is 4. The van der Waals surface area contributed by atoms with E-state index < -0.39 is 96.1 Å².